The largest absolute Gasteiger partial charge is 0.366 e. The van der Waals surface area contributed by atoms with E-state index in [1.54, 1.807) is 25.4 Å². The highest BCUT2D eigenvalue weighted by atomic mass is 15.4. The van der Waals surface area contributed by atoms with E-state index >= 15 is 0 Å². The van der Waals surface area contributed by atoms with E-state index < -0.39 is 0 Å². The fourth-order valence-corrected chi connectivity index (χ4v) is 1.18. The minimum Gasteiger partial charge on any atom is -0.366 e. The molecule has 0 aliphatic carbocycles. The van der Waals surface area contributed by atoms with Crippen LogP contribution in [0, 0.1) is 0 Å². The van der Waals surface area contributed by atoms with Gasteiger partial charge in [0, 0.05) is 12.4 Å². The minimum absolute atomic E-state index is 0.162. The quantitative estimate of drug-likeness (QED) is 0.792. The molecule has 0 aliphatic rings. The van der Waals surface area contributed by atoms with Crippen molar-refractivity contribution in [3.63, 3.8) is 0 Å². The summed E-state index contributed by atoms with van der Waals surface area (Å²) in [4.78, 5) is 12.1. The van der Waals surface area contributed by atoms with E-state index in [9.17, 15) is 0 Å². The van der Waals surface area contributed by atoms with Crippen LogP contribution in [0.1, 0.15) is 32.6 Å². The number of hydrogen-bond acceptors (Lipinski definition) is 6. The number of hydrogen-bond donors (Lipinski definition) is 2. The van der Waals surface area contributed by atoms with E-state index in [4.69, 9.17) is 11.5 Å². The van der Waals surface area contributed by atoms with Gasteiger partial charge >= 0.3 is 0 Å². The third kappa shape index (κ3) is 2.97. The first-order chi connectivity index (χ1) is 8.18. The molecule has 0 saturated carbocycles. The average molecular weight is 235 g/mol. The molecule has 4 N–H and O–H groups in total. The molecule has 2 aromatic rings. The van der Waals surface area contributed by atoms with Crippen LogP contribution in [0.5, 0.6) is 0 Å². The summed E-state index contributed by atoms with van der Waals surface area (Å²) < 4.78 is 1.44. The van der Waals surface area contributed by atoms with Crippen LogP contribution < -0.4 is 11.5 Å². The number of nitrogen functional groups attached to an aromatic ring is 1. The van der Waals surface area contributed by atoms with Gasteiger partial charge < -0.3 is 11.5 Å². The van der Waals surface area contributed by atoms with Crippen LogP contribution >= 0.6 is 0 Å². The second kappa shape index (κ2) is 5.90. The SMILES string of the molecule is CC.C[C@H](N)c1nc(N)nn1-c1ncccn1. The Hall–Kier alpha value is -2.02. The number of anilines is 1. The van der Waals surface area contributed by atoms with Crippen LogP contribution in [-0.4, -0.2) is 24.7 Å². The van der Waals surface area contributed by atoms with Crippen LogP contribution in [0.15, 0.2) is 18.5 Å². The second-order valence-electron chi connectivity index (χ2n) is 3.08. The van der Waals surface area contributed by atoms with Gasteiger partial charge in [-0.2, -0.15) is 9.67 Å². The molecule has 2 heterocycles. The van der Waals surface area contributed by atoms with Crippen molar-refractivity contribution in [2.24, 2.45) is 5.73 Å². The van der Waals surface area contributed by atoms with Crippen LogP contribution in [0.3, 0.4) is 0 Å². The molecule has 0 fully saturated rings. The highest BCUT2D eigenvalue weighted by Crippen LogP contribution is 2.11. The van der Waals surface area contributed by atoms with Crippen LogP contribution in [0.25, 0.3) is 5.95 Å². The Bertz CT molecular complexity index is 449. The van der Waals surface area contributed by atoms with Crippen LogP contribution in [-0.2, 0) is 0 Å². The maximum Gasteiger partial charge on any atom is 0.252 e. The van der Waals surface area contributed by atoms with Gasteiger partial charge in [0.05, 0.1) is 6.04 Å². The third-order valence-electron chi connectivity index (χ3n) is 1.80. The summed E-state index contributed by atoms with van der Waals surface area (Å²) in [5, 5.41) is 3.98. The Morgan fingerprint density at radius 3 is 2.35 bits per heavy atom. The molecule has 1 atom stereocenters. The summed E-state index contributed by atoms with van der Waals surface area (Å²) in [5.41, 5.74) is 11.2. The zero-order valence-corrected chi connectivity index (χ0v) is 10.2. The first-order valence-electron chi connectivity index (χ1n) is 5.44. The van der Waals surface area contributed by atoms with Gasteiger partial charge in [-0.3, -0.25) is 0 Å². The predicted molar refractivity (Wildman–Crippen MR) is 65.3 cm³/mol. The maximum atomic E-state index is 5.73. The number of rotatable bonds is 2. The van der Waals surface area contributed by atoms with Crippen molar-refractivity contribution >= 4 is 5.95 Å². The molecule has 17 heavy (non-hydrogen) atoms. The van der Waals surface area contributed by atoms with Gasteiger partial charge in [-0.25, -0.2) is 9.97 Å². The highest BCUT2D eigenvalue weighted by Gasteiger charge is 2.14. The van der Waals surface area contributed by atoms with Crippen molar-refractivity contribution in [1.29, 1.82) is 0 Å². The Labute approximate surface area is 99.9 Å². The fourth-order valence-electron chi connectivity index (χ4n) is 1.18. The molecule has 2 aromatic heterocycles. The molecule has 0 radical (unpaired) electrons. The molecule has 0 unspecified atom stereocenters. The molecular formula is C10H17N7. The van der Waals surface area contributed by atoms with E-state index in [-0.39, 0.29) is 12.0 Å². The molecule has 0 spiro atoms. The number of nitrogens with two attached hydrogens (primary N) is 2. The Kier molecular flexibility index (Phi) is 4.53. The van der Waals surface area contributed by atoms with E-state index in [2.05, 4.69) is 20.1 Å². The zero-order chi connectivity index (χ0) is 12.8. The topological polar surface area (TPSA) is 109 Å². The normalized spacial score (nSPS) is 11.5. The van der Waals surface area contributed by atoms with Gasteiger partial charge in [-0.15, -0.1) is 5.10 Å². The van der Waals surface area contributed by atoms with Gasteiger partial charge in [0.1, 0.15) is 0 Å². The monoisotopic (exact) mass is 235 g/mol. The van der Waals surface area contributed by atoms with E-state index in [1.165, 1.54) is 4.68 Å². The van der Waals surface area contributed by atoms with Crippen molar-refractivity contribution in [1.82, 2.24) is 24.7 Å². The summed E-state index contributed by atoms with van der Waals surface area (Å²) >= 11 is 0. The van der Waals surface area contributed by atoms with Gasteiger partial charge in [0.25, 0.3) is 5.95 Å². The Balaban J connectivity index is 0.000000686. The molecule has 92 valence electrons. The Morgan fingerprint density at radius 1 is 1.24 bits per heavy atom. The van der Waals surface area contributed by atoms with Gasteiger partial charge in [0.2, 0.25) is 5.95 Å². The summed E-state index contributed by atoms with van der Waals surface area (Å²) in [6, 6.07) is 1.44. The molecule has 7 heteroatoms. The van der Waals surface area contributed by atoms with E-state index in [0.717, 1.165) is 0 Å². The van der Waals surface area contributed by atoms with Crippen LogP contribution in [0.4, 0.5) is 5.95 Å². The summed E-state index contributed by atoms with van der Waals surface area (Å²) in [6.45, 7) is 5.79. The molecule has 0 aromatic carbocycles. The molecule has 7 nitrogen and oxygen atoms in total. The summed E-state index contributed by atoms with van der Waals surface area (Å²) in [7, 11) is 0. The average Bonchev–Trinajstić information content (AvgIpc) is 2.75. The van der Waals surface area contributed by atoms with E-state index in [0.29, 0.717) is 11.8 Å². The van der Waals surface area contributed by atoms with Crippen molar-refractivity contribution in [2.75, 3.05) is 5.73 Å². The fraction of sp³-hybridized carbons (Fsp3) is 0.400. The lowest BCUT2D eigenvalue weighted by atomic mass is 10.3. The predicted octanol–water partition coefficient (Wildman–Crippen LogP) is 0.685. The number of nitrogens with zero attached hydrogens (tertiary/aromatic N) is 5. The first-order valence-corrected chi connectivity index (χ1v) is 5.44. The van der Waals surface area contributed by atoms with Gasteiger partial charge in [0.15, 0.2) is 5.82 Å². The van der Waals surface area contributed by atoms with Crippen molar-refractivity contribution < 1.29 is 0 Å². The second-order valence-corrected chi connectivity index (χ2v) is 3.08. The van der Waals surface area contributed by atoms with E-state index in [1.807, 2.05) is 13.8 Å². The van der Waals surface area contributed by atoms with Crippen LogP contribution in [0.2, 0.25) is 0 Å². The van der Waals surface area contributed by atoms with Gasteiger partial charge in [-0.05, 0) is 13.0 Å². The summed E-state index contributed by atoms with van der Waals surface area (Å²) in [6.07, 6.45) is 3.23. The molecule has 0 amide bonds. The minimum atomic E-state index is -0.279. The smallest absolute Gasteiger partial charge is 0.252 e. The maximum absolute atomic E-state index is 5.73. The first kappa shape index (κ1) is 13.0. The van der Waals surface area contributed by atoms with Crippen molar-refractivity contribution in [3.8, 4) is 5.95 Å². The lowest BCUT2D eigenvalue weighted by Crippen LogP contribution is -2.14. The Morgan fingerprint density at radius 2 is 1.82 bits per heavy atom. The zero-order valence-electron chi connectivity index (χ0n) is 10.2. The molecule has 2 rings (SSSR count). The standard InChI is InChI=1S/C8H11N7.C2H6/c1-5(9)6-13-7(10)14-15(6)8-11-3-2-4-12-8;1-2/h2-5H,9H2,1H3,(H2,10,14);1-2H3/t5-;/m0./s1. The molecule has 0 bridgehead atoms. The number of aromatic nitrogens is 5. The van der Waals surface area contributed by atoms with Crippen molar-refractivity contribution in [2.45, 2.75) is 26.8 Å². The van der Waals surface area contributed by atoms with Gasteiger partial charge in [-0.1, -0.05) is 13.8 Å². The third-order valence-corrected chi connectivity index (χ3v) is 1.80. The summed E-state index contributed by atoms with van der Waals surface area (Å²) in [5.74, 6) is 1.11. The van der Waals surface area contributed by atoms with Crippen molar-refractivity contribution in [3.05, 3.63) is 24.3 Å². The lowest BCUT2D eigenvalue weighted by molar-refractivity contribution is 0.669. The molecular weight excluding hydrogens is 218 g/mol. The molecule has 0 aliphatic heterocycles. The highest BCUT2D eigenvalue weighted by molar-refractivity contribution is 5.21. The molecule has 0 saturated heterocycles. The lowest BCUT2D eigenvalue weighted by Gasteiger charge is -2.05.